The first-order valence-electron chi connectivity index (χ1n) is 11.5. The van der Waals surface area contributed by atoms with Gasteiger partial charge in [-0.2, -0.15) is 0 Å². The van der Waals surface area contributed by atoms with Crippen molar-refractivity contribution < 1.29 is 33.2 Å². The average molecular weight is 514 g/mol. The highest BCUT2D eigenvalue weighted by Gasteiger charge is 2.21. The molecule has 0 aliphatic heterocycles. The van der Waals surface area contributed by atoms with Crippen LogP contribution in [0.3, 0.4) is 0 Å². The largest absolute Gasteiger partial charge is 0.490 e. The minimum absolute atomic E-state index is 0.0186. The van der Waals surface area contributed by atoms with Gasteiger partial charge in [-0.05, 0) is 51.1 Å². The fraction of sp³-hybridized carbons (Fsp3) is 0.333. The van der Waals surface area contributed by atoms with Crippen molar-refractivity contribution in [3.05, 3.63) is 52.9 Å². The molecule has 1 aromatic heterocycles. The molecule has 0 aliphatic rings. The zero-order valence-corrected chi connectivity index (χ0v) is 22.0. The van der Waals surface area contributed by atoms with Crippen molar-refractivity contribution in [1.29, 1.82) is 0 Å². The Labute approximate surface area is 215 Å². The average Bonchev–Trinajstić information content (AvgIpc) is 3.38. The van der Waals surface area contributed by atoms with Gasteiger partial charge in [0.15, 0.2) is 25.1 Å². The van der Waals surface area contributed by atoms with Gasteiger partial charge in [-0.15, -0.1) is 11.3 Å². The van der Waals surface area contributed by atoms with Crippen LogP contribution in [0, 0.1) is 0 Å². The van der Waals surface area contributed by atoms with Gasteiger partial charge in [0.1, 0.15) is 16.3 Å². The second-order valence-electron chi connectivity index (χ2n) is 7.40. The Hall–Kier alpha value is -3.40. The van der Waals surface area contributed by atoms with Crippen LogP contribution in [0.5, 0.6) is 17.2 Å². The van der Waals surface area contributed by atoms with Gasteiger partial charge in [0, 0.05) is 36.3 Å². The van der Waals surface area contributed by atoms with E-state index in [1.807, 2.05) is 62.6 Å². The lowest BCUT2D eigenvalue weighted by atomic mass is 10.0. The molecule has 0 amide bonds. The van der Waals surface area contributed by atoms with Crippen LogP contribution in [0.15, 0.2) is 41.8 Å². The first-order chi connectivity index (χ1) is 17.6. The minimum atomic E-state index is -0.570. The molecule has 0 saturated heterocycles. The fourth-order valence-corrected chi connectivity index (χ4v) is 4.27. The number of thiazole rings is 1. The zero-order valence-electron chi connectivity index (χ0n) is 21.2. The molecule has 0 aliphatic carbocycles. The van der Waals surface area contributed by atoms with Crippen molar-refractivity contribution in [3.8, 4) is 39.1 Å². The molecule has 0 bridgehead atoms. The molecule has 0 radical (unpaired) electrons. The Morgan fingerprint density at radius 2 is 1.69 bits per heavy atom. The highest BCUT2D eigenvalue weighted by molar-refractivity contribution is 7.13. The number of hydrogen-bond acceptors (Lipinski definition) is 9. The number of carbonyl (C=O) groups excluding carboxylic acids is 1. The maximum atomic E-state index is 12.8. The summed E-state index contributed by atoms with van der Waals surface area (Å²) in [6.45, 7) is 6.64. The van der Waals surface area contributed by atoms with Gasteiger partial charge in [-0.25, -0.2) is 9.78 Å². The molecule has 8 nitrogen and oxygen atoms in total. The van der Waals surface area contributed by atoms with Crippen LogP contribution in [0.1, 0.15) is 36.7 Å². The summed E-state index contributed by atoms with van der Waals surface area (Å²) in [4.78, 5) is 17.7. The predicted octanol–water partition coefficient (Wildman–Crippen LogP) is 6.05. The Bertz CT molecular complexity index is 1190. The normalized spacial score (nSPS) is 11.0. The first kappa shape index (κ1) is 27.2. The first-order valence-corrected chi connectivity index (χ1v) is 12.4. The van der Waals surface area contributed by atoms with E-state index in [2.05, 4.69) is 0 Å². The third kappa shape index (κ3) is 6.63. The number of ether oxygens (including phenoxy) is 6. The van der Waals surface area contributed by atoms with Gasteiger partial charge >= 0.3 is 5.97 Å². The zero-order chi connectivity index (χ0) is 25.9. The van der Waals surface area contributed by atoms with E-state index in [1.165, 1.54) is 25.6 Å². The number of rotatable bonds is 13. The van der Waals surface area contributed by atoms with Crippen molar-refractivity contribution in [1.82, 2.24) is 4.98 Å². The van der Waals surface area contributed by atoms with Gasteiger partial charge in [0.05, 0.1) is 18.9 Å². The van der Waals surface area contributed by atoms with Crippen molar-refractivity contribution in [2.75, 3.05) is 41.0 Å². The molecule has 9 heteroatoms. The molecule has 0 unspecified atom stereocenters. The summed E-state index contributed by atoms with van der Waals surface area (Å²) in [5.41, 5.74) is 3.32. The summed E-state index contributed by atoms with van der Waals surface area (Å²) in [6, 6.07) is 9.40. The van der Waals surface area contributed by atoms with Crippen LogP contribution >= 0.6 is 11.3 Å². The van der Waals surface area contributed by atoms with Crippen molar-refractivity contribution in [3.63, 3.8) is 0 Å². The number of benzene rings is 2. The molecular weight excluding hydrogens is 482 g/mol. The minimum Gasteiger partial charge on any atom is -0.490 e. The fourth-order valence-electron chi connectivity index (χ4n) is 3.45. The third-order valence-corrected chi connectivity index (χ3v) is 5.79. The lowest BCUT2D eigenvalue weighted by Gasteiger charge is -2.15. The quantitative estimate of drug-likeness (QED) is 0.202. The molecule has 0 fully saturated rings. The standard InChI is InChI=1S/C27H31NO7S/c1-6-9-18-12-20(13-21(25(18)34-16-30-4)27(29)35-17-31-5)22-15-36-26(28-22)19-10-11-23(32-7-2)24(14-19)33-8-3/h6,9-15H,7-8,16-17H2,1-5H3/b9-6-. The molecule has 0 saturated carbocycles. The van der Waals surface area contributed by atoms with Gasteiger partial charge in [0.2, 0.25) is 0 Å². The van der Waals surface area contributed by atoms with E-state index in [0.29, 0.717) is 41.7 Å². The summed E-state index contributed by atoms with van der Waals surface area (Å²) >= 11 is 1.50. The highest BCUT2D eigenvalue weighted by Crippen LogP contribution is 2.37. The van der Waals surface area contributed by atoms with Crippen LogP contribution in [-0.4, -0.2) is 52.0 Å². The monoisotopic (exact) mass is 513 g/mol. The molecule has 2 aromatic carbocycles. The smallest absolute Gasteiger partial charge is 0.344 e. The van der Waals surface area contributed by atoms with Gasteiger partial charge < -0.3 is 28.4 Å². The predicted molar refractivity (Wildman–Crippen MR) is 140 cm³/mol. The number of carbonyl (C=O) groups is 1. The highest BCUT2D eigenvalue weighted by atomic mass is 32.1. The maximum Gasteiger partial charge on any atom is 0.344 e. The van der Waals surface area contributed by atoms with E-state index in [4.69, 9.17) is 33.4 Å². The van der Waals surface area contributed by atoms with Gasteiger partial charge in [0.25, 0.3) is 0 Å². The van der Waals surface area contributed by atoms with Gasteiger partial charge in [-0.1, -0.05) is 12.2 Å². The summed E-state index contributed by atoms with van der Waals surface area (Å²) in [5.74, 6) is 1.16. The third-order valence-electron chi connectivity index (χ3n) is 4.90. The number of allylic oxidation sites excluding steroid dienone is 1. The Kier molecular flexibility index (Phi) is 10.3. The Morgan fingerprint density at radius 1 is 0.944 bits per heavy atom. The molecule has 0 N–H and O–H groups in total. The number of nitrogens with zero attached hydrogens (tertiary/aromatic N) is 1. The topological polar surface area (TPSA) is 85.3 Å². The summed E-state index contributed by atoms with van der Waals surface area (Å²) in [6.07, 6.45) is 3.72. The number of hydrogen-bond donors (Lipinski definition) is 0. The SMILES string of the molecule is C/C=C\c1cc(-c2csc(-c3ccc(OCC)c(OCC)c3)n2)cc(C(=O)OCOC)c1OCOC. The summed E-state index contributed by atoms with van der Waals surface area (Å²) in [7, 11) is 2.97. The molecule has 1 heterocycles. The van der Waals surface area contributed by atoms with Crippen molar-refractivity contribution >= 4 is 23.4 Å². The van der Waals surface area contributed by atoms with E-state index in [0.717, 1.165) is 16.1 Å². The van der Waals surface area contributed by atoms with Crippen LogP contribution in [0.25, 0.3) is 27.9 Å². The molecule has 3 rings (SSSR count). The van der Waals surface area contributed by atoms with E-state index >= 15 is 0 Å². The molecule has 36 heavy (non-hydrogen) atoms. The number of methoxy groups -OCH3 is 2. The van der Waals surface area contributed by atoms with Gasteiger partial charge in [-0.3, -0.25) is 0 Å². The molecule has 3 aromatic rings. The van der Waals surface area contributed by atoms with E-state index in [-0.39, 0.29) is 19.1 Å². The lowest BCUT2D eigenvalue weighted by Crippen LogP contribution is -2.12. The molecular formula is C27H31NO7S. The van der Waals surface area contributed by atoms with Crippen LogP contribution in [0.2, 0.25) is 0 Å². The van der Waals surface area contributed by atoms with Crippen molar-refractivity contribution in [2.24, 2.45) is 0 Å². The lowest BCUT2D eigenvalue weighted by molar-refractivity contribution is -0.0132. The summed E-state index contributed by atoms with van der Waals surface area (Å²) < 4.78 is 32.4. The Morgan fingerprint density at radius 3 is 2.39 bits per heavy atom. The van der Waals surface area contributed by atoms with E-state index < -0.39 is 5.97 Å². The van der Waals surface area contributed by atoms with Crippen LogP contribution < -0.4 is 14.2 Å². The van der Waals surface area contributed by atoms with Crippen molar-refractivity contribution in [2.45, 2.75) is 20.8 Å². The maximum absolute atomic E-state index is 12.8. The number of aromatic nitrogens is 1. The van der Waals surface area contributed by atoms with Crippen LogP contribution in [0.4, 0.5) is 0 Å². The Balaban J connectivity index is 2.05. The second-order valence-corrected chi connectivity index (χ2v) is 8.25. The molecule has 192 valence electrons. The molecule has 0 spiro atoms. The van der Waals surface area contributed by atoms with Crippen LogP contribution in [-0.2, 0) is 14.2 Å². The molecule has 0 atom stereocenters. The second kappa shape index (κ2) is 13.6. The van der Waals surface area contributed by atoms with E-state index in [9.17, 15) is 4.79 Å². The summed E-state index contributed by atoms with van der Waals surface area (Å²) in [5, 5.41) is 2.76. The number of esters is 1. The van der Waals surface area contributed by atoms with E-state index in [1.54, 1.807) is 6.07 Å².